The molecule has 0 aliphatic heterocycles. The fourth-order valence-electron chi connectivity index (χ4n) is 1.68. The molecule has 1 aromatic heterocycles. The Morgan fingerprint density at radius 3 is 2.33 bits per heavy atom. The molecule has 21 heavy (non-hydrogen) atoms. The van der Waals surface area contributed by atoms with Crippen molar-refractivity contribution in [2.75, 3.05) is 7.11 Å². The van der Waals surface area contributed by atoms with Crippen LogP contribution < -0.4 is 4.74 Å². The summed E-state index contributed by atoms with van der Waals surface area (Å²) in [6.07, 6.45) is -4.03. The number of ether oxygens (including phenoxy) is 1. The van der Waals surface area contributed by atoms with Crippen LogP contribution in [0.4, 0.5) is 17.6 Å². The van der Waals surface area contributed by atoms with Gasteiger partial charge in [-0.1, -0.05) is 23.2 Å². The van der Waals surface area contributed by atoms with Gasteiger partial charge in [-0.2, -0.15) is 13.2 Å². The summed E-state index contributed by atoms with van der Waals surface area (Å²) in [5, 5.41) is -0.263. The number of hydrogen-bond donors (Lipinski definition) is 0. The van der Waals surface area contributed by atoms with E-state index in [0.717, 1.165) is 12.1 Å². The molecule has 0 saturated carbocycles. The number of aromatic nitrogens is 1. The van der Waals surface area contributed by atoms with Crippen molar-refractivity contribution in [2.24, 2.45) is 0 Å². The fraction of sp³-hybridized carbons (Fsp3) is 0.154. The number of halogens is 6. The van der Waals surface area contributed by atoms with Crippen molar-refractivity contribution in [3.63, 3.8) is 0 Å². The van der Waals surface area contributed by atoms with Crippen LogP contribution in [0.15, 0.2) is 24.4 Å². The van der Waals surface area contributed by atoms with Crippen molar-refractivity contribution in [1.82, 2.24) is 4.98 Å². The molecule has 1 heterocycles. The number of rotatable bonds is 2. The smallest absolute Gasteiger partial charge is 0.417 e. The molecule has 2 aromatic rings. The second-order valence-corrected chi connectivity index (χ2v) is 4.79. The summed E-state index contributed by atoms with van der Waals surface area (Å²) in [5.41, 5.74) is -1.41. The first-order valence-electron chi connectivity index (χ1n) is 5.50. The zero-order valence-corrected chi connectivity index (χ0v) is 11.9. The average Bonchev–Trinajstić information content (AvgIpc) is 2.39. The molecular formula is C13H7Cl2F4NO. The summed E-state index contributed by atoms with van der Waals surface area (Å²) in [5.74, 6) is -0.717. The quantitative estimate of drug-likeness (QED) is 0.552. The van der Waals surface area contributed by atoms with Gasteiger partial charge in [-0.15, -0.1) is 0 Å². The standard InChI is InChI=1S/C13H7Cl2F4NO/c1-21-11-3-7(10(16)4-9(11)14)8-2-6(13(17,18)19)5-20-12(8)15/h2-5H,1H3. The predicted octanol–water partition coefficient (Wildman–Crippen LogP) is 5.22. The van der Waals surface area contributed by atoms with Gasteiger partial charge in [0.2, 0.25) is 0 Å². The van der Waals surface area contributed by atoms with Gasteiger partial charge in [0.25, 0.3) is 0 Å². The highest BCUT2D eigenvalue weighted by Gasteiger charge is 2.32. The van der Waals surface area contributed by atoms with Crippen molar-refractivity contribution in [3.05, 3.63) is 46.0 Å². The van der Waals surface area contributed by atoms with Gasteiger partial charge in [-0.3, -0.25) is 0 Å². The van der Waals surface area contributed by atoms with Gasteiger partial charge in [0.15, 0.2) is 0 Å². The van der Waals surface area contributed by atoms with E-state index in [1.165, 1.54) is 13.2 Å². The van der Waals surface area contributed by atoms with E-state index in [0.29, 0.717) is 6.20 Å². The van der Waals surface area contributed by atoms with Crippen molar-refractivity contribution < 1.29 is 22.3 Å². The van der Waals surface area contributed by atoms with Crippen molar-refractivity contribution >= 4 is 23.2 Å². The van der Waals surface area contributed by atoms with Crippen LogP contribution in [0, 0.1) is 5.82 Å². The SMILES string of the molecule is COc1cc(-c2cc(C(F)(F)F)cnc2Cl)c(F)cc1Cl. The first kappa shape index (κ1) is 15.9. The molecule has 112 valence electrons. The van der Waals surface area contributed by atoms with Crippen LogP contribution in [0.2, 0.25) is 10.2 Å². The lowest BCUT2D eigenvalue weighted by Crippen LogP contribution is -2.06. The Balaban J connectivity index is 2.66. The summed E-state index contributed by atoms with van der Waals surface area (Å²) in [4.78, 5) is 3.45. The van der Waals surface area contributed by atoms with E-state index < -0.39 is 17.6 Å². The van der Waals surface area contributed by atoms with Crippen LogP contribution in [0.3, 0.4) is 0 Å². The minimum Gasteiger partial charge on any atom is -0.495 e. The summed E-state index contributed by atoms with van der Waals surface area (Å²) in [6, 6.07) is 2.83. The molecule has 0 radical (unpaired) electrons. The highest BCUT2D eigenvalue weighted by atomic mass is 35.5. The lowest BCUT2D eigenvalue weighted by atomic mass is 10.0. The molecule has 0 N–H and O–H groups in total. The highest BCUT2D eigenvalue weighted by Crippen LogP contribution is 2.38. The number of alkyl halides is 3. The van der Waals surface area contributed by atoms with Gasteiger partial charge < -0.3 is 4.74 Å². The monoisotopic (exact) mass is 339 g/mol. The van der Waals surface area contributed by atoms with E-state index >= 15 is 0 Å². The molecule has 1 aromatic carbocycles. The van der Waals surface area contributed by atoms with Gasteiger partial charge in [-0.05, 0) is 18.2 Å². The lowest BCUT2D eigenvalue weighted by molar-refractivity contribution is -0.137. The molecule has 0 spiro atoms. The molecule has 0 amide bonds. The van der Waals surface area contributed by atoms with Crippen molar-refractivity contribution in [3.8, 4) is 16.9 Å². The Bertz CT molecular complexity index is 689. The first-order valence-corrected chi connectivity index (χ1v) is 6.25. The maximum Gasteiger partial charge on any atom is 0.417 e. The third kappa shape index (κ3) is 3.22. The average molecular weight is 340 g/mol. The second-order valence-electron chi connectivity index (χ2n) is 4.03. The van der Waals surface area contributed by atoms with Crippen LogP contribution in [0.25, 0.3) is 11.1 Å². The van der Waals surface area contributed by atoms with Gasteiger partial charge in [0.1, 0.15) is 16.7 Å². The van der Waals surface area contributed by atoms with Crippen LogP contribution in [0.5, 0.6) is 5.75 Å². The van der Waals surface area contributed by atoms with Gasteiger partial charge >= 0.3 is 6.18 Å². The van der Waals surface area contributed by atoms with Gasteiger partial charge in [0.05, 0.1) is 17.7 Å². The summed E-state index contributed by atoms with van der Waals surface area (Å²) < 4.78 is 57.0. The van der Waals surface area contributed by atoms with Crippen LogP contribution in [0.1, 0.15) is 5.56 Å². The Kier molecular flexibility index (Phi) is 4.30. The molecule has 0 aliphatic carbocycles. The van der Waals surface area contributed by atoms with Crippen molar-refractivity contribution in [1.29, 1.82) is 0 Å². The molecule has 0 saturated heterocycles. The molecule has 8 heteroatoms. The summed E-state index contributed by atoms with van der Waals surface area (Å²) >= 11 is 11.5. The maximum atomic E-state index is 14.0. The topological polar surface area (TPSA) is 22.1 Å². The van der Waals surface area contributed by atoms with E-state index in [4.69, 9.17) is 27.9 Å². The largest absolute Gasteiger partial charge is 0.495 e. The number of nitrogens with zero attached hydrogens (tertiary/aromatic N) is 1. The third-order valence-electron chi connectivity index (χ3n) is 2.70. The van der Waals surface area contributed by atoms with E-state index in [2.05, 4.69) is 4.98 Å². The lowest BCUT2D eigenvalue weighted by Gasteiger charge is -2.12. The van der Waals surface area contributed by atoms with Gasteiger partial charge in [0, 0.05) is 17.3 Å². The van der Waals surface area contributed by atoms with Crippen LogP contribution in [-0.4, -0.2) is 12.1 Å². The molecule has 0 fully saturated rings. The summed E-state index contributed by atoms with van der Waals surface area (Å²) in [6.45, 7) is 0. The molecule has 0 aliphatic rings. The number of hydrogen-bond acceptors (Lipinski definition) is 2. The second kappa shape index (κ2) is 5.69. The Labute approximate surface area is 127 Å². The highest BCUT2D eigenvalue weighted by molar-refractivity contribution is 6.33. The van der Waals surface area contributed by atoms with E-state index in [1.54, 1.807) is 0 Å². The molecule has 0 atom stereocenters. The van der Waals surface area contributed by atoms with Crippen LogP contribution in [-0.2, 0) is 6.18 Å². The minimum atomic E-state index is -4.61. The molecule has 2 nitrogen and oxygen atoms in total. The first-order chi connectivity index (χ1) is 9.74. The van der Waals surface area contributed by atoms with E-state index in [-0.39, 0.29) is 27.1 Å². The maximum absolute atomic E-state index is 14.0. The number of methoxy groups -OCH3 is 1. The molecule has 0 unspecified atom stereocenters. The number of benzene rings is 1. The molecular weight excluding hydrogens is 333 g/mol. The van der Waals surface area contributed by atoms with Gasteiger partial charge in [-0.25, -0.2) is 9.37 Å². The van der Waals surface area contributed by atoms with E-state index in [1.807, 2.05) is 0 Å². The normalized spacial score (nSPS) is 11.6. The number of pyridine rings is 1. The van der Waals surface area contributed by atoms with Crippen molar-refractivity contribution in [2.45, 2.75) is 6.18 Å². The Hall–Kier alpha value is -1.53. The Morgan fingerprint density at radius 1 is 1.10 bits per heavy atom. The molecule has 2 rings (SSSR count). The minimum absolute atomic E-state index is 0.00481. The Morgan fingerprint density at radius 2 is 1.76 bits per heavy atom. The zero-order chi connectivity index (χ0) is 15.8. The molecule has 0 bridgehead atoms. The summed E-state index contributed by atoms with van der Waals surface area (Å²) in [7, 11) is 1.30. The van der Waals surface area contributed by atoms with E-state index in [9.17, 15) is 17.6 Å². The predicted molar refractivity (Wildman–Crippen MR) is 71.2 cm³/mol. The fourth-order valence-corrected chi connectivity index (χ4v) is 2.12. The third-order valence-corrected chi connectivity index (χ3v) is 3.29. The van der Waals surface area contributed by atoms with Crippen LogP contribution >= 0.6 is 23.2 Å². The zero-order valence-electron chi connectivity index (χ0n) is 10.4.